The van der Waals surface area contributed by atoms with E-state index in [9.17, 15) is 4.79 Å². The number of carbonyl (C=O) groups excluding carboxylic acids is 1. The van der Waals surface area contributed by atoms with Crippen molar-refractivity contribution in [2.24, 2.45) is 10.9 Å². The van der Waals surface area contributed by atoms with Crippen LogP contribution in [0.4, 0.5) is 0 Å². The molecule has 150 valence electrons. The van der Waals surface area contributed by atoms with Crippen molar-refractivity contribution < 1.29 is 14.3 Å². The van der Waals surface area contributed by atoms with Gasteiger partial charge in [0.05, 0.1) is 13.2 Å². The van der Waals surface area contributed by atoms with Crippen molar-refractivity contribution in [1.82, 2.24) is 16.0 Å². The highest BCUT2D eigenvalue weighted by Crippen LogP contribution is 2.28. The van der Waals surface area contributed by atoms with Crippen LogP contribution in [0.15, 0.2) is 23.2 Å². The van der Waals surface area contributed by atoms with Gasteiger partial charge >= 0.3 is 0 Å². The first-order chi connectivity index (χ1) is 13.1. The molecule has 27 heavy (non-hydrogen) atoms. The van der Waals surface area contributed by atoms with Crippen LogP contribution in [0.5, 0.6) is 5.75 Å². The van der Waals surface area contributed by atoms with Crippen LogP contribution in [0.25, 0.3) is 0 Å². The number of ether oxygens (including phenoxy) is 2. The van der Waals surface area contributed by atoms with Gasteiger partial charge in [-0.15, -0.1) is 0 Å². The number of benzene rings is 1. The number of hydrogen-bond donors (Lipinski definition) is 3. The third-order valence-electron chi connectivity index (χ3n) is 4.18. The highest BCUT2D eigenvalue weighted by atomic mass is 16.5. The van der Waals surface area contributed by atoms with Crippen LogP contribution in [0.2, 0.25) is 0 Å². The Morgan fingerprint density at radius 3 is 2.67 bits per heavy atom. The third-order valence-corrected chi connectivity index (χ3v) is 4.18. The predicted molar refractivity (Wildman–Crippen MR) is 107 cm³/mol. The molecular weight excluding hydrogens is 344 g/mol. The van der Waals surface area contributed by atoms with E-state index in [0.717, 1.165) is 42.2 Å². The van der Waals surface area contributed by atoms with Crippen molar-refractivity contribution in [3.05, 3.63) is 29.3 Å². The smallest absolute Gasteiger partial charge is 0.223 e. The molecule has 7 nitrogen and oxygen atoms in total. The lowest BCUT2D eigenvalue weighted by Gasteiger charge is -2.14. The fourth-order valence-electron chi connectivity index (χ4n) is 2.52. The van der Waals surface area contributed by atoms with E-state index in [1.807, 2.05) is 26.0 Å². The first kappa shape index (κ1) is 21.0. The molecule has 1 aliphatic rings. The second kappa shape index (κ2) is 11.4. The Morgan fingerprint density at radius 2 is 1.96 bits per heavy atom. The molecular formula is C20H32N4O3. The first-order valence-corrected chi connectivity index (χ1v) is 9.65. The van der Waals surface area contributed by atoms with Gasteiger partial charge < -0.3 is 25.4 Å². The molecule has 1 aromatic carbocycles. The van der Waals surface area contributed by atoms with Gasteiger partial charge in [-0.25, -0.2) is 4.99 Å². The Labute approximate surface area is 161 Å². The van der Waals surface area contributed by atoms with Gasteiger partial charge in [0.15, 0.2) is 5.96 Å². The van der Waals surface area contributed by atoms with Gasteiger partial charge in [0.1, 0.15) is 12.4 Å². The number of amides is 1. The lowest BCUT2D eigenvalue weighted by molar-refractivity contribution is -0.122. The summed E-state index contributed by atoms with van der Waals surface area (Å²) in [5.41, 5.74) is 2.17. The van der Waals surface area contributed by atoms with Crippen LogP contribution < -0.4 is 20.7 Å². The molecule has 0 unspecified atom stereocenters. The van der Waals surface area contributed by atoms with Crippen molar-refractivity contribution in [2.45, 2.75) is 33.2 Å². The summed E-state index contributed by atoms with van der Waals surface area (Å²) in [6, 6.07) is 6.12. The lowest BCUT2D eigenvalue weighted by atomic mass is 10.1. The van der Waals surface area contributed by atoms with E-state index in [1.165, 1.54) is 0 Å². The normalized spacial score (nSPS) is 14.0. The molecule has 0 aromatic heterocycles. The highest BCUT2D eigenvalue weighted by Gasteiger charge is 2.28. The zero-order valence-electron chi connectivity index (χ0n) is 16.6. The van der Waals surface area contributed by atoms with Crippen LogP contribution in [0.3, 0.4) is 0 Å². The number of nitrogens with zero attached hydrogens (tertiary/aromatic N) is 1. The summed E-state index contributed by atoms with van der Waals surface area (Å²) >= 11 is 0. The molecule has 1 saturated carbocycles. The van der Waals surface area contributed by atoms with E-state index in [0.29, 0.717) is 32.8 Å². The van der Waals surface area contributed by atoms with E-state index < -0.39 is 0 Å². The number of methoxy groups -OCH3 is 1. The number of rotatable bonds is 11. The molecule has 0 saturated heterocycles. The summed E-state index contributed by atoms with van der Waals surface area (Å²) in [4.78, 5) is 16.3. The minimum atomic E-state index is 0.163. The Balaban J connectivity index is 1.87. The largest absolute Gasteiger partial charge is 0.491 e. The molecule has 2 rings (SSSR count). The van der Waals surface area contributed by atoms with Gasteiger partial charge in [0.25, 0.3) is 0 Å². The monoisotopic (exact) mass is 376 g/mol. The van der Waals surface area contributed by atoms with Gasteiger partial charge in [-0.1, -0.05) is 12.1 Å². The Bertz CT molecular complexity index is 630. The SMILES string of the molecule is CCNC(=NCc1ccc(C)cc1OCCOC)NCCNC(=O)C1CC1. The minimum Gasteiger partial charge on any atom is -0.491 e. The number of hydrogen-bond acceptors (Lipinski definition) is 4. The van der Waals surface area contributed by atoms with Crippen molar-refractivity contribution in [3.8, 4) is 5.75 Å². The molecule has 1 aliphatic carbocycles. The zero-order valence-corrected chi connectivity index (χ0v) is 16.6. The van der Waals surface area contributed by atoms with Crippen LogP contribution in [-0.4, -0.2) is 51.8 Å². The molecule has 1 fully saturated rings. The molecule has 3 N–H and O–H groups in total. The summed E-state index contributed by atoms with van der Waals surface area (Å²) in [5, 5.41) is 9.42. The number of nitrogens with one attached hydrogen (secondary N) is 3. The zero-order chi connectivity index (χ0) is 19.5. The maximum atomic E-state index is 11.7. The van der Waals surface area contributed by atoms with Gasteiger partial charge in [-0.05, 0) is 38.3 Å². The molecule has 7 heteroatoms. The Morgan fingerprint density at radius 1 is 1.19 bits per heavy atom. The highest BCUT2D eigenvalue weighted by molar-refractivity contribution is 5.81. The number of guanidine groups is 1. The van der Waals surface area contributed by atoms with Gasteiger partial charge in [-0.3, -0.25) is 4.79 Å². The summed E-state index contributed by atoms with van der Waals surface area (Å²) in [7, 11) is 1.66. The predicted octanol–water partition coefficient (Wildman–Crippen LogP) is 1.60. The molecule has 0 heterocycles. The molecule has 0 spiro atoms. The van der Waals surface area contributed by atoms with Crippen molar-refractivity contribution in [2.75, 3.05) is 40.0 Å². The fourth-order valence-corrected chi connectivity index (χ4v) is 2.52. The first-order valence-electron chi connectivity index (χ1n) is 9.65. The molecule has 0 atom stereocenters. The average molecular weight is 377 g/mol. The van der Waals surface area contributed by atoms with E-state index in [2.05, 4.69) is 27.0 Å². The molecule has 0 aliphatic heterocycles. The number of aryl methyl sites for hydroxylation is 1. The van der Waals surface area contributed by atoms with Crippen molar-refractivity contribution in [3.63, 3.8) is 0 Å². The number of aliphatic imine (C=N–C) groups is 1. The minimum absolute atomic E-state index is 0.163. The van der Waals surface area contributed by atoms with E-state index >= 15 is 0 Å². The maximum Gasteiger partial charge on any atom is 0.223 e. The Hall–Kier alpha value is -2.28. The number of carbonyl (C=O) groups is 1. The maximum absolute atomic E-state index is 11.7. The quantitative estimate of drug-likeness (QED) is 0.310. The summed E-state index contributed by atoms with van der Waals surface area (Å²) < 4.78 is 10.9. The fraction of sp³-hybridized carbons (Fsp3) is 0.600. The molecule has 0 bridgehead atoms. The van der Waals surface area contributed by atoms with Gasteiger partial charge in [0, 0.05) is 38.2 Å². The topological polar surface area (TPSA) is 84.0 Å². The second-order valence-electron chi connectivity index (χ2n) is 6.64. The van der Waals surface area contributed by atoms with E-state index in [1.54, 1.807) is 7.11 Å². The molecule has 0 radical (unpaired) electrons. The second-order valence-corrected chi connectivity index (χ2v) is 6.64. The molecule has 1 aromatic rings. The summed E-state index contributed by atoms with van der Waals surface area (Å²) in [6.07, 6.45) is 2.05. The van der Waals surface area contributed by atoms with E-state index in [4.69, 9.17) is 9.47 Å². The lowest BCUT2D eigenvalue weighted by Crippen LogP contribution is -2.41. The van der Waals surface area contributed by atoms with Crippen LogP contribution in [-0.2, 0) is 16.1 Å². The summed E-state index contributed by atoms with van der Waals surface area (Å²) in [6.45, 7) is 7.63. The standard InChI is InChI=1S/C20H32N4O3/c1-4-21-20(23-10-9-22-19(25)16-7-8-16)24-14-17-6-5-15(2)13-18(17)27-12-11-26-3/h5-6,13,16H,4,7-12,14H2,1-3H3,(H,22,25)(H2,21,23,24). The van der Waals surface area contributed by atoms with Gasteiger partial charge in [0.2, 0.25) is 5.91 Å². The van der Waals surface area contributed by atoms with Crippen molar-refractivity contribution >= 4 is 11.9 Å². The Kier molecular flexibility index (Phi) is 8.91. The van der Waals surface area contributed by atoms with Gasteiger partial charge in [-0.2, -0.15) is 0 Å². The third kappa shape index (κ3) is 7.86. The van der Waals surface area contributed by atoms with E-state index in [-0.39, 0.29) is 11.8 Å². The average Bonchev–Trinajstić information content (AvgIpc) is 3.49. The molecule has 1 amide bonds. The van der Waals surface area contributed by atoms with Crippen LogP contribution >= 0.6 is 0 Å². The van der Waals surface area contributed by atoms with Crippen LogP contribution in [0.1, 0.15) is 30.9 Å². The summed E-state index contributed by atoms with van der Waals surface area (Å²) in [5.74, 6) is 1.96. The van der Waals surface area contributed by atoms with Crippen LogP contribution in [0, 0.1) is 12.8 Å². The van der Waals surface area contributed by atoms with Crippen molar-refractivity contribution in [1.29, 1.82) is 0 Å².